The van der Waals surface area contributed by atoms with Crippen LogP contribution in [-0.4, -0.2) is 49.2 Å². The van der Waals surface area contributed by atoms with Crippen molar-refractivity contribution in [2.75, 3.05) is 26.2 Å². The van der Waals surface area contributed by atoms with E-state index in [1.54, 1.807) is 18.3 Å². The zero-order chi connectivity index (χ0) is 23.7. The van der Waals surface area contributed by atoms with Crippen molar-refractivity contribution in [1.82, 2.24) is 10.2 Å². The molecular formula is C23H24F3N3O4. The second kappa shape index (κ2) is 11.3. The summed E-state index contributed by atoms with van der Waals surface area (Å²) >= 11 is 0. The number of nitrogens with zero attached hydrogens (tertiary/aromatic N) is 2. The Morgan fingerprint density at radius 3 is 2.45 bits per heavy atom. The first kappa shape index (κ1) is 24.1. The number of hydrogen-bond donors (Lipinski definition) is 1. The molecule has 176 valence electrons. The van der Waals surface area contributed by atoms with Gasteiger partial charge in [0.25, 0.3) is 5.91 Å². The molecule has 0 aliphatic carbocycles. The molecule has 1 aliphatic heterocycles. The third kappa shape index (κ3) is 7.81. The molecule has 1 aliphatic rings. The molecular weight excluding hydrogens is 439 g/mol. The Morgan fingerprint density at radius 2 is 1.79 bits per heavy atom. The van der Waals surface area contributed by atoms with Gasteiger partial charge in [0.2, 0.25) is 5.91 Å². The van der Waals surface area contributed by atoms with Gasteiger partial charge in [-0.3, -0.25) is 9.59 Å². The minimum Gasteiger partial charge on any atom is -0.484 e. The Hall–Kier alpha value is -3.56. The van der Waals surface area contributed by atoms with Crippen LogP contribution in [0.1, 0.15) is 23.1 Å². The fourth-order valence-corrected chi connectivity index (χ4v) is 3.08. The van der Waals surface area contributed by atoms with E-state index in [0.717, 1.165) is 17.7 Å². The first-order valence-electron chi connectivity index (χ1n) is 10.4. The lowest BCUT2D eigenvalue weighted by molar-refractivity contribution is -0.139. The molecule has 0 radical (unpaired) electrons. The van der Waals surface area contributed by atoms with Crippen LogP contribution in [0.15, 0.2) is 53.7 Å². The van der Waals surface area contributed by atoms with E-state index < -0.39 is 11.7 Å². The van der Waals surface area contributed by atoms with Crippen LogP contribution < -0.4 is 10.1 Å². The van der Waals surface area contributed by atoms with Crippen molar-refractivity contribution < 1.29 is 32.3 Å². The molecule has 0 atom stereocenters. The molecule has 2 amide bonds. The number of aryl methyl sites for hydroxylation is 1. The highest BCUT2D eigenvalue weighted by atomic mass is 19.4. The average molecular weight is 463 g/mol. The predicted octanol–water partition coefficient (Wildman–Crippen LogP) is 3.18. The van der Waals surface area contributed by atoms with E-state index in [2.05, 4.69) is 10.5 Å². The molecule has 1 fully saturated rings. The maximum Gasteiger partial charge on any atom is 0.416 e. The van der Waals surface area contributed by atoms with Gasteiger partial charge < -0.3 is 19.8 Å². The van der Waals surface area contributed by atoms with Crippen LogP contribution in [0.5, 0.6) is 5.75 Å². The standard InChI is InChI=1S/C23H24F3N3O4/c24-23(25,26)19-7-3-18(4-8-19)15-33-28-11-1-2-17-5-9-20(10-6-17)32-16-22(31)29-13-12-27-21(30)14-29/h3-11H,1-2,12-16H2,(H,27,30). The number of carbonyl (C=O) groups excluding carboxylic acids is 2. The Labute approximate surface area is 189 Å². The Balaban J connectivity index is 1.33. The van der Waals surface area contributed by atoms with Crippen LogP contribution in [-0.2, 0) is 33.6 Å². The molecule has 0 aromatic heterocycles. The average Bonchev–Trinajstić information content (AvgIpc) is 2.80. The topological polar surface area (TPSA) is 80.2 Å². The Morgan fingerprint density at radius 1 is 1.09 bits per heavy atom. The number of alkyl halides is 3. The van der Waals surface area contributed by atoms with E-state index in [0.29, 0.717) is 37.2 Å². The van der Waals surface area contributed by atoms with Crippen molar-refractivity contribution >= 4 is 18.0 Å². The number of halogens is 3. The number of carbonyl (C=O) groups is 2. The Kier molecular flexibility index (Phi) is 8.28. The van der Waals surface area contributed by atoms with Crippen LogP contribution in [0.3, 0.4) is 0 Å². The number of ether oxygens (including phenoxy) is 1. The molecule has 33 heavy (non-hydrogen) atoms. The number of hydrogen-bond acceptors (Lipinski definition) is 5. The SMILES string of the molecule is O=C1CN(C(=O)COc2ccc(CCC=NOCc3ccc(C(F)(F)F)cc3)cc2)CCN1. The highest BCUT2D eigenvalue weighted by molar-refractivity contribution is 5.86. The van der Waals surface area contributed by atoms with E-state index in [-0.39, 0.29) is 31.6 Å². The van der Waals surface area contributed by atoms with Crippen molar-refractivity contribution in [3.8, 4) is 5.75 Å². The summed E-state index contributed by atoms with van der Waals surface area (Å²) in [4.78, 5) is 30.0. The number of oxime groups is 1. The minimum atomic E-state index is -4.36. The molecule has 2 aromatic rings. The predicted molar refractivity (Wildman–Crippen MR) is 115 cm³/mol. The number of nitrogens with one attached hydrogen (secondary N) is 1. The van der Waals surface area contributed by atoms with Crippen LogP contribution in [0.2, 0.25) is 0 Å². The lowest BCUT2D eigenvalue weighted by Gasteiger charge is -2.26. The number of amides is 2. The first-order chi connectivity index (χ1) is 15.8. The lowest BCUT2D eigenvalue weighted by Crippen LogP contribution is -2.51. The fourth-order valence-electron chi connectivity index (χ4n) is 3.08. The molecule has 1 heterocycles. The monoisotopic (exact) mass is 463 g/mol. The van der Waals surface area contributed by atoms with Crippen molar-refractivity contribution in [3.05, 3.63) is 65.2 Å². The van der Waals surface area contributed by atoms with Crippen LogP contribution in [0, 0.1) is 0 Å². The molecule has 7 nitrogen and oxygen atoms in total. The molecule has 1 N–H and O–H groups in total. The summed E-state index contributed by atoms with van der Waals surface area (Å²) in [6.45, 7) is 0.929. The van der Waals surface area contributed by atoms with Gasteiger partial charge >= 0.3 is 6.18 Å². The van der Waals surface area contributed by atoms with E-state index in [9.17, 15) is 22.8 Å². The van der Waals surface area contributed by atoms with E-state index >= 15 is 0 Å². The zero-order valence-electron chi connectivity index (χ0n) is 17.8. The van der Waals surface area contributed by atoms with Crippen LogP contribution >= 0.6 is 0 Å². The minimum absolute atomic E-state index is 0.0523. The van der Waals surface area contributed by atoms with Gasteiger partial charge in [-0.05, 0) is 48.2 Å². The van der Waals surface area contributed by atoms with Gasteiger partial charge in [-0.25, -0.2) is 0 Å². The van der Waals surface area contributed by atoms with E-state index in [1.807, 2.05) is 12.1 Å². The van der Waals surface area contributed by atoms with Gasteiger partial charge in [0.1, 0.15) is 12.4 Å². The van der Waals surface area contributed by atoms with Crippen molar-refractivity contribution in [3.63, 3.8) is 0 Å². The Bertz CT molecular complexity index is 960. The quantitative estimate of drug-likeness (QED) is 0.458. The summed E-state index contributed by atoms with van der Waals surface area (Å²) in [5.41, 5.74) is 0.933. The lowest BCUT2D eigenvalue weighted by atomic mass is 10.1. The van der Waals surface area contributed by atoms with Crippen LogP contribution in [0.25, 0.3) is 0 Å². The van der Waals surface area contributed by atoms with Gasteiger partial charge in [0, 0.05) is 19.3 Å². The highest BCUT2D eigenvalue weighted by Crippen LogP contribution is 2.29. The molecule has 3 rings (SSSR count). The molecule has 10 heteroatoms. The van der Waals surface area contributed by atoms with Crippen molar-refractivity contribution in [2.24, 2.45) is 5.16 Å². The molecule has 0 saturated carbocycles. The molecule has 0 unspecified atom stereocenters. The molecule has 1 saturated heterocycles. The van der Waals surface area contributed by atoms with Gasteiger partial charge in [0.05, 0.1) is 12.1 Å². The molecule has 0 bridgehead atoms. The summed E-state index contributed by atoms with van der Waals surface area (Å²) in [6.07, 6.45) is -1.44. The summed E-state index contributed by atoms with van der Waals surface area (Å²) < 4.78 is 43.1. The summed E-state index contributed by atoms with van der Waals surface area (Å²) in [5, 5.41) is 6.49. The summed E-state index contributed by atoms with van der Waals surface area (Å²) in [5.74, 6) is 0.149. The van der Waals surface area contributed by atoms with Gasteiger partial charge in [0.15, 0.2) is 6.61 Å². The molecule has 0 spiro atoms. The second-order valence-electron chi connectivity index (χ2n) is 7.39. The van der Waals surface area contributed by atoms with E-state index in [4.69, 9.17) is 9.57 Å². The zero-order valence-corrected chi connectivity index (χ0v) is 17.8. The summed E-state index contributed by atoms with van der Waals surface area (Å²) in [7, 11) is 0. The maximum absolute atomic E-state index is 12.5. The number of rotatable bonds is 9. The smallest absolute Gasteiger partial charge is 0.416 e. The van der Waals surface area contributed by atoms with E-state index in [1.165, 1.54) is 17.0 Å². The van der Waals surface area contributed by atoms with Crippen LogP contribution in [0.4, 0.5) is 13.2 Å². The van der Waals surface area contributed by atoms with Gasteiger partial charge in [-0.15, -0.1) is 0 Å². The normalized spacial score (nSPS) is 14.3. The second-order valence-corrected chi connectivity index (χ2v) is 7.39. The first-order valence-corrected chi connectivity index (χ1v) is 10.4. The van der Waals surface area contributed by atoms with Crippen molar-refractivity contribution in [1.29, 1.82) is 0 Å². The van der Waals surface area contributed by atoms with Gasteiger partial charge in [-0.2, -0.15) is 13.2 Å². The third-order valence-corrected chi connectivity index (χ3v) is 4.90. The number of piperazine rings is 1. The largest absolute Gasteiger partial charge is 0.484 e. The highest BCUT2D eigenvalue weighted by Gasteiger charge is 2.29. The maximum atomic E-state index is 12.5. The number of benzene rings is 2. The van der Waals surface area contributed by atoms with Gasteiger partial charge in [-0.1, -0.05) is 29.4 Å². The summed E-state index contributed by atoms with van der Waals surface area (Å²) in [6, 6.07) is 12.0. The fraction of sp³-hybridized carbons (Fsp3) is 0.348. The molecule has 2 aromatic carbocycles. The van der Waals surface area contributed by atoms with Crippen molar-refractivity contribution in [2.45, 2.75) is 25.6 Å². The third-order valence-electron chi connectivity index (χ3n) is 4.90.